The van der Waals surface area contributed by atoms with Crippen molar-refractivity contribution in [1.82, 2.24) is 5.32 Å². The Morgan fingerprint density at radius 2 is 1.64 bits per heavy atom. The molecule has 0 aliphatic rings. The maximum absolute atomic E-state index is 12.8. The van der Waals surface area contributed by atoms with Crippen LogP contribution in [0.25, 0.3) is 0 Å². The van der Waals surface area contributed by atoms with Crippen molar-refractivity contribution < 1.29 is 13.2 Å². The summed E-state index contributed by atoms with van der Waals surface area (Å²) in [5.41, 5.74) is 4.75. The van der Waals surface area contributed by atoms with Gasteiger partial charge in [0.15, 0.2) is 0 Å². The number of benzene rings is 2. The van der Waals surface area contributed by atoms with Gasteiger partial charge in [-0.25, -0.2) is 8.42 Å². The monoisotopic (exact) mass is 402 g/mol. The minimum absolute atomic E-state index is 0.220. The largest absolute Gasteiger partial charge is 0.348 e. The van der Waals surface area contributed by atoms with Crippen LogP contribution in [-0.4, -0.2) is 26.6 Å². The van der Waals surface area contributed by atoms with Gasteiger partial charge in [-0.1, -0.05) is 37.3 Å². The summed E-state index contributed by atoms with van der Waals surface area (Å²) in [6.45, 7) is 9.48. The number of carbonyl (C=O) groups is 1. The van der Waals surface area contributed by atoms with Gasteiger partial charge in [-0.3, -0.25) is 9.10 Å². The van der Waals surface area contributed by atoms with Gasteiger partial charge >= 0.3 is 0 Å². The Bertz CT molecular complexity index is 937. The van der Waals surface area contributed by atoms with Crippen molar-refractivity contribution >= 4 is 21.6 Å². The van der Waals surface area contributed by atoms with Crippen molar-refractivity contribution in [2.45, 2.75) is 53.1 Å². The van der Waals surface area contributed by atoms with Crippen molar-refractivity contribution in [3.63, 3.8) is 0 Å². The molecule has 152 valence electrons. The average molecular weight is 403 g/mol. The first kappa shape index (κ1) is 22.0. The lowest BCUT2D eigenvalue weighted by Crippen LogP contribution is -2.48. The summed E-state index contributed by atoms with van der Waals surface area (Å²) in [5, 5.41) is 2.94. The third kappa shape index (κ3) is 5.13. The first-order valence-corrected chi connectivity index (χ1v) is 11.3. The van der Waals surface area contributed by atoms with Crippen LogP contribution in [0, 0.1) is 13.8 Å². The normalized spacial score (nSPS) is 13.6. The summed E-state index contributed by atoms with van der Waals surface area (Å²) >= 11 is 0. The van der Waals surface area contributed by atoms with Gasteiger partial charge in [-0.05, 0) is 68.5 Å². The van der Waals surface area contributed by atoms with Gasteiger partial charge in [0.2, 0.25) is 15.9 Å². The van der Waals surface area contributed by atoms with Crippen LogP contribution in [0.2, 0.25) is 0 Å². The minimum Gasteiger partial charge on any atom is -0.348 e. The number of carbonyl (C=O) groups excluding carboxylic acids is 1. The molecule has 0 aromatic heterocycles. The predicted molar refractivity (Wildman–Crippen MR) is 115 cm³/mol. The van der Waals surface area contributed by atoms with E-state index in [1.165, 1.54) is 9.87 Å². The standard InChI is InChI=1S/C22H30N2O3S/c1-7-19-9-11-20(12-10-19)17(4)23-22(25)18(5)24(28(6,26)27)21-13-8-15(2)16(3)14-21/h8-14,17-18H,7H2,1-6H3,(H,23,25)/t17-,18-/m0/s1. The third-order valence-corrected chi connectivity index (χ3v) is 6.32. The fourth-order valence-corrected chi connectivity index (χ4v) is 4.30. The number of hydrogen-bond acceptors (Lipinski definition) is 3. The molecule has 1 amide bonds. The Morgan fingerprint density at radius 1 is 1.04 bits per heavy atom. The zero-order chi connectivity index (χ0) is 21.1. The molecule has 2 atom stereocenters. The molecular formula is C22H30N2O3S. The van der Waals surface area contributed by atoms with Gasteiger partial charge in [0.25, 0.3) is 0 Å². The molecule has 0 aliphatic carbocycles. The van der Waals surface area contributed by atoms with Crippen LogP contribution < -0.4 is 9.62 Å². The fraction of sp³-hybridized carbons (Fsp3) is 0.409. The van der Waals surface area contributed by atoms with E-state index in [1.54, 1.807) is 19.1 Å². The van der Waals surface area contributed by atoms with Crippen molar-refractivity contribution in [2.75, 3.05) is 10.6 Å². The number of rotatable bonds is 7. The molecule has 0 unspecified atom stereocenters. The summed E-state index contributed by atoms with van der Waals surface area (Å²) in [4.78, 5) is 12.8. The minimum atomic E-state index is -3.63. The lowest BCUT2D eigenvalue weighted by atomic mass is 10.0. The molecule has 2 aromatic rings. The number of nitrogens with zero attached hydrogens (tertiary/aromatic N) is 1. The molecule has 0 aliphatic heterocycles. The lowest BCUT2D eigenvalue weighted by Gasteiger charge is -2.29. The summed E-state index contributed by atoms with van der Waals surface area (Å²) in [6.07, 6.45) is 2.08. The van der Waals surface area contributed by atoms with Crippen molar-refractivity contribution in [3.8, 4) is 0 Å². The SMILES string of the molecule is CCc1ccc([C@H](C)NC(=O)[C@H](C)N(c2ccc(C)c(C)c2)S(C)(=O)=O)cc1. The summed E-state index contributed by atoms with van der Waals surface area (Å²) < 4.78 is 26.1. The topological polar surface area (TPSA) is 66.5 Å². The predicted octanol–water partition coefficient (Wildman–Crippen LogP) is 3.90. The van der Waals surface area contributed by atoms with Gasteiger partial charge in [0.1, 0.15) is 6.04 Å². The third-order valence-electron chi connectivity index (χ3n) is 5.08. The van der Waals surface area contributed by atoms with Gasteiger partial charge in [-0.2, -0.15) is 0 Å². The van der Waals surface area contributed by atoms with Gasteiger partial charge in [-0.15, -0.1) is 0 Å². The Hall–Kier alpha value is -2.34. The van der Waals surface area contributed by atoms with E-state index in [9.17, 15) is 13.2 Å². The smallest absolute Gasteiger partial charge is 0.244 e. The maximum Gasteiger partial charge on any atom is 0.244 e. The highest BCUT2D eigenvalue weighted by Gasteiger charge is 2.30. The van der Waals surface area contributed by atoms with E-state index >= 15 is 0 Å². The first-order valence-electron chi connectivity index (χ1n) is 9.50. The van der Waals surface area contributed by atoms with Crippen LogP contribution >= 0.6 is 0 Å². The molecule has 6 heteroatoms. The number of sulfonamides is 1. The summed E-state index contributed by atoms with van der Waals surface area (Å²) in [5.74, 6) is -0.337. The second-order valence-corrected chi connectivity index (χ2v) is 9.19. The molecule has 28 heavy (non-hydrogen) atoms. The van der Waals surface area contributed by atoms with E-state index in [0.29, 0.717) is 5.69 Å². The second-order valence-electron chi connectivity index (χ2n) is 7.33. The molecule has 0 radical (unpaired) electrons. The second kappa shape index (κ2) is 8.78. The van der Waals surface area contributed by atoms with Crippen molar-refractivity contribution in [2.24, 2.45) is 0 Å². The Morgan fingerprint density at radius 3 is 2.14 bits per heavy atom. The van der Waals surface area contributed by atoms with Crippen LogP contribution in [-0.2, 0) is 21.2 Å². The Labute approximate surface area is 168 Å². The van der Waals surface area contributed by atoms with Crippen LogP contribution in [0.3, 0.4) is 0 Å². The number of aryl methyl sites for hydroxylation is 3. The van der Waals surface area contributed by atoms with Crippen molar-refractivity contribution in [3.05, 3.63) is 64.7 Å². The van der Waals surface area contributed by atoms with E-state index in [2.05, 4.69) is 12.2 Å². The number of amides is 1. The molecule has 0 fully saturated rings. The highest BCUT2D eigenvalue weighted by atomic mass is 32.2. The van der Waals surface area contributed by atoms with E-state index in [-0.39, 0.29) is 11.9 Å². The zero-order valence-electron chi connectivity index (χ0n) is 17.5. The molecule has 2 rings (SSSR count). The zero-order valence-corrected chi connectivity index (χ0v) is 18.3. The Balaban J connectivity index is 2.24. The lowest BCUT2D eigenvalue weighted by molar-refractivity contribution is -0.122. The van der Waals surface area contributed by atoms with E-state index in [1.807, 2.05) is 51.1 Å². The molecule has 1 N–H and O–H groups in total. The summed E-state index contributed by atoms with van der Waals surface area (Å²) in [6, 6.07) is 12.4. The molecule has 0 spiro atoms. The van der Waals surface area contributed by atoms with Crippen LogP contribution in [0.15, 0.2) is 42.5 Å². The number of nitrogens with one attached hydrogen (secondary N) is 1. The van der Waals surface area contributed by atoms with Crippen LogP contribution in [0.4, 0.5) is 5.69 Å². The Kier molecular flexibility index (Phi) is 6.88. The maximum atomic E-state index is 12.8. The van der Waals surface area contributed by atoms with Crippen LogP contribution in [0.5, 0.6) is 0 Å². The average Bonchev–Trinajstić information content (AvgIpc) is 2.63. The molecular weight excluding hydrogens is 372 g/mol. The number of hydrogen-bond donors (Lipinski definition) is 1. The van der Waals surface area contributed by atoms with Crippen molar-refractivity contribution in [1.29, 1.82) is 0 Å². The fourth-order valence-electron chi connectivity index (χ4n) is 3.13. The first-order chi connectivity index (χ1) is 13.0. The summed E-state index contributed by atoms with van der Waals surface area (Å²) in [7, 11) is -3.63. The highest BCUT2D eigenvalue weighted by molar-refractivity contribution is 7.92. The molecule has 0 saturated carbocycles. The molecule has 0 bridgehead atoms. The van der Waals surface area contributed by atoms with Gasteiger partial charge in [0.05, 0.1) is 18.0 Å². The van der Waals surface area contributed by atoms with Crippen LogP contribution in [0.1, 0.15) is 49.1 Å². The molecule has 0 heterocycles. The van der Waals surface area contributed by atoms with E-state index < -0.39 is 16.1 Å². The highest BCUT2D eigenvalue weighted by Crippen LogP contribution is 2.24. The molecule has 5 nitrogen and oxygen atoms in total. The van der Waals surface area contributed by atoms with Gasteiger partial charge in [0, 0.05) is 0 Å². The van der Waals surface area contributed by atoms with Gasteiger partial charge < -0.3 is 5.32 Å². The quantitative estimate of drug-likeness (QED) is 0.764. The van der Waals surface area contributed by atoms with E-state index in [0.717, 1.165) is 29.4 Å². The molecule has 2 aromatic carbocycles. The number of anilines is 1. The van der Waals surface area contributed by atoms with E-state index in [4.69, 9.17) is 0 Å². The molecule has 0 saturated heterocycles.